The number of rotatable bonds is 5. The summed E-state index contributed by atoms with van der Waals surface area (Å²) in [5.74, 6) is 1.07. The maximum Gasteiger partial charge on any atom is 0.272 e. The third kappa shape index (κ3) is 3.09. The zero-order valence-electron chi connectivity index (χ0n) is 11.7. The van der Waals surface area contributed by atoms with Crippen LogP contribution in [0.5, 0.6) is 11.5 Å². The second-order valence-electron chi connectivity index (χ2n) is 4.31. The van der Waals surface area contributed by atoms with E-state index in [1.165, 1.54) is 0 Å². The van der Waals surface area contributed by atoms with E-state index in [1.54, 1.807) is 26.4 Å². The molecule has 0 aliphatic heterocycles. The zero-order chi connectivity index (χ0) is 14.5. The summed E-state index contributed by atoms with van der Waals surface area (Å²) in [4.78, 5) is 11.9. The number of carbonyl (C=O) groups is 1. The highest BCUT2D eigenvalue weighted by Crippen LogP contribution is 2.27. The molecule has 6 heteroatoms. The normalized spacial score (nSPS) is 10.2. The van der Waals surface area contributed by atoms with Crippen molar-refractivity contribution in [3.8, 4) is 11.5 Å². The van der Waals surface area contributed by atoms with Gasteiger partial charge in [0.05, 0.1) is 14.2 Å². The number of benzene rings is 1. The lowest BCUT2D eigenvalue weighted by Gasteiger charge is -2.09. The van der Waals surface area contributed by atoms with Crippen molar-refractivity contribution in [2.45, 2.75) is 13.5 Å². The average Bonchev–Trinajstić information content (AvgIpc) is 2.91. The van der Waals surface area contributed by atoms with Crippen molar-refractivity contribution in [3.05, 3.63) is 41.2 Å². The van der Waals surface area contributed by atoms with Gasteiger partial charge in [-0.05, 0) is 30.7 Å². The van der Waals surface area contributed by atoms with Crippen LogP contribution < -0.4 is 14.8 Å². The lowest BCUT2D eigenvalue weighted by molar-refractivity contribution is 0.0946. The van der Waals surface area contributed by atoms with Crippen molar-refractivity contribution < 1.29 is 14.3 Å². The van der Waals surface area contributed by atoms with Gasteiger partial charge in [0, 0.05) is 12.2 Å². The Bertz CT molecular complexity index is 607. The first-order valence-electron chi connectivity index (χ1n) is 6.15. The van der Waals surface area contributed by atoms with E-state index >= 15 is 0 Å². The van der Waals surface area contributed by atoms with Crippen LogP contribution in [0.25, 0.3) is 0 Å². The molecule has 0 bridgehead atoms. The Kier molecular flexibility index (Phi) is 4.24. The molecule has 2 N–H and O–H groups in total. The molecule has 0 fully saturated rings. The maximum atomic E-state index is 11.9. The summed E-state index contributed by atoms with van der Waals surface area (Å²) in [5, 5.41) is 9.44. The van der Waals surface area contributed by atoms with Crippen LogP contribution in [-0.2, 0) is 6.54 Å². The molecule has 0 saturated carbocycles. The summed E-state index contributed by atoms with van der Waals surface area (Å²) >= 11 is 0. The standard InChI is InChI=1S/C14H17N3O3/c1-9-6-11(17-16-9)14(18)15-8-10-4-5-12(19-2)13(7-10)20-3/h4-7H,8H2,1-3H3,(H,15,18)(H,16,17). The Morgan fingerprint density at radius 1 is 1.25 bits per heavy atom. The summed E-state index contributed by atoms with van der Waals surface area (Å²) in [5.41, 5.74) is 2.15. The number of hydrogen-bond acceptors (Lipinski definition) is 4. The van der Waals surface area contributed by atoms with Crippen molar-refractivity contribution in [2.75, 3.05) is 14.2 Å². The molecule has 20 heavy (non-hydrogen) atoms. The molecule has 0 saturated heterocycles. The smallest absolute Gasteiger partial charge is 0.272 e. The second kappa shape index (κ2) is 6.10. The molecular weight excluding hydrogens is 258 g/mol. The van der Waals surface area contributed by atoms with Gasteiger partial charge in [0.15, 0.2) is 11.5 Å². The van der Waals surface area contributed by atoms with E-state index in [2.05, 4.69) is 15.5 Å². The minimum absolute atomic E-state index is 0.218. The van der Waals surface area contributed by atoms with E-state index in [0.29, 0.717) is 23.7 Å². The van der Waals surface area contributed by atoms with Crippen LogP contribution in [0.3, 0.4) is 0 Å². The number of aryl methyl sites for hydroxylation is 1. The molecule has 0 radical (unpaired) electrons. The van der Waals surface area contributed by atoms with Crippen molar-refractivity contribution in [1.82, 2.24) is 15.5 Å². The molecule has 1 heterocycles. The number of nitrogens with one attached hydrogen (secondary N) is 2. The molecule has 0 aliphatic rings. The van der Waals surface area contributed by atoms with Gasteiger partial charge in [-0.25, -0.2) is 0 Å². The molecule has 1 amide bonds. The molecule has 106 valence electrons. The van der Waals surface area contributed by atoms with Crippen LogP contribution in [0, 0.1) is 6.92 Å². The number of nitrogens with zero attached hydrogens (tertiary/aromatic N) is 1. The summed E-state index contributed by atoms with van der Waals surface area (Å²) in [6.07, 6.45) is 0. The summed E-state index contributed by atoms with van der Waals surface area (Å²) < 4.78 is 10.4. The van der Waals surface area contributed by atoms with Gasteiger partial charge in [-0.2, -0.15) is 5.10 Å². The van der Waals surface area contributed by atoms with Crippen LogP contribution in [0.2, 0.25) is 0 Å². The first-order chi connectivity index (χ1) is 9.63. The van der Waals surface area contributed by atoms with E-state index in [4.69, 9.17) is 9.47 Å². The zero-order valence-corrected chi connectivity index (χ0v) is 11.7. The molecule has 0 spiro atoms. The molecular formula is C14H17N3O3. The van der Waals surface area contributed by atoms with Gasteiger partial charge >= 0.3 is 0 Å². The number of aromatic amines is 1. The molecule has 0 unspecified atom stereocenters. The Morgan fingerprint density at radius 2 is 2.00 bits per heavy atom. The number of amides is 1. The number of methoxy groups -OCH3 is 2. The fourth-order valence-electron chi connectivity index (χ4n) is 1.80. The highest BCUT2D eigenvalue weighted by Gasteiger charge is 2.10. The largest absolute Gasteiger partial charge is 0.493 e. The van der Waals surface area contributed by atoms with E-state index in [9.17, 15) is 4.79 Å². The highest BCUT2D eigenvalue weighted by atomic mass is 16.5. The summed E-state index contributed by atoms with van der Waals surface area (Å²) in [6, 6.07) is 7.20. The quantitative estimate of drug-likeness (QED) is 0.870. The number of aromatic nitrogens is 2. The Balaban J connectivity index is 2.02. The molecule has 0 aliphatic carbocycles. The third-order valence-corrected chi connectivity index (χ3v) is 2.84. The number of ether oxygens (including phenoxy) is 2. The Hall–Kier alpha value is -2.50. The van der Waals surface area contributed by atoms with Gasteiger partial charge < -0.3 is 14.8 Å². The minimum atomic E-state index is -0.218. The Labute approximate surface area is 117 Å². The van der Waals surface area contributed by atoms with Gasteiger partial charge in [0.25, 0.3) is 5.91 Å². The Morgan fingerprint density at radius 3 is 2.60 bits per heavy atom. The van der Waals surface area contributed by atoms with Crippen molar-refractivity contribution >= 4 is 5.91 Å². The molecule has 2 aromatic rings. The molecule has 0 atom stereocenters. The number of H-pyrrole nitrogens is 1. The van der Waals surface area contributed by atoms with Crippen molar-refractivity contribution in [3.63, 3.8) is 0 Å². The predicted octanol–water partition coefficient (Wildman–Crippen LogP) is 1.67. The lowest BCUT2D eigenvalue weighted by Crippen LogP contribution is -2.23. The molecule has 1 aromatic heterocycles. The molecule has 1 aromatic carbocycles. The second-order valence-corrected chi connectivity index (χ2v) is 4.31. The fraction of sp³-hybridized carbons (Fsp3) is 0.286. The number of carbonyl (C=O) groups excluding carboxylic acids is 1. The molecule has 2 rings (SSSR count). The van der Waals surface area contributed by atoms with Crippen LogP contribution in [0.4, 0.5) is 0 Å². The predicted molar refractivity (Wildman–Crippen MR) is 74.0 cm³/mol. The SMILES string of the molecule is COc1ccc(CNC(=O)c2cc(C)[nH]n2)cc1OC. The third-order valence-electron chi connectivity index (χ3n) is 2.84. The average molecular weight is 275 g/mol. The van der Waals surface area contributed by atoms with E-state index < -0.39 is 0 Å². The molecule has 6 nitrogen and oxygen atoms in total. The van der Waals surface area contributed by atoms with Crippen LogP contribution in [0.1, 0.15) is 21.7 Å². The van der Waals surface area contributed by atoms with Crippen LogP contribution in [-0.4, -0.2) is 30.3 Å². The first-order valence-corrected chi connectivity index (χ1v) is 6.15. The monoisotopic (exact) mass is 275 g/mol. The number of hydrogen-bond donors (Lipinski definition) is 2. The van der Waals surface area contributed by atoms with E-state index in [-0.39, 0.29) is 5.91 Å². The lowest BCUT2D eigenvalue weighted by atomic mass is 10.2. The van der Waals surface area contributed by atoms with Gasteiger partial charge in [-0.1, -0.05) is 6.07 Å². The van der Waals surface area contributed by atoms with Crippen LogP contribution >= 0.6 is 0 Å². The van der Waals surface area contributed by atoms with Crippen molar-refractivity contribution in [1.29, 1.82) is 0 Å². The van der Waals surface area contributed by atoms with Gasteiger partial charge in [0.1, 0.15) is 5.69 Å². The van der Waals surface area contributed by atoms with Crippen LogP contribution in [0.15, 0.2) is 24.3 Å². The van der Waals surface area contributed by atoms with E-state index in [0.717, 1.165) is 11.3 Å². The highest BCUT2D eigenvalue weighted by molar-refractivity contribution is 5.92. The van der Waals surface area contributed by atoms with Gasteiger partial charge in [-0.3, -0.25) is 9.89 Å². The minimum Gasteiger partial charge on any atom is -0.493 e. The summed E-state index contributed by atoms with van der Waals surface area (Å²) in [6.45, 7) is 2.24. The topological polar surface area (TPSA) is 76.2 Å². The van der Waals surface area contributed by atoms with Crippen molar-refractivity contribution in [2.24, 2.45) is 0 Å². The maximum absolute atomic E-state index is 11.9. The fourth-order valence-corrected chi connectivity index (χ4v) is 1.80. The summed E-state index contributed by atoms with van der Waals surface area (Å²) in [7, 11) is 3.16. The first kappa shape index (κ1) is 13.9. The van der Waals surface area contributed by atoms with Gasteiger partial charge in [0.2, 0.25) is 0 Å². The van der Waals surface area contributed by atoms with E-state index in [1.807, 2.05) is 19.1 Å². The van der Waals surface area contributed by atoms with Gasteiger partial charge in [-0.15, -0.1) is 0 Å².